The van der Waals surface area contributed by atoms with E-state index in [4.69, 9.17) is 4.74 Å². The van der Waals surface area contributed by atoms with Gasteiger partial charge in [0, 0.05) is 17.6 Å². The maximum absolute atomic E-state index is 12.4. The summed E-state index contributed by atoms with van der Waals surface area (Å²) in [5.41, 5.74) is 1.10. The van der Waals surface area contributed by atoms with Crippen LogP contribution in [0.4, 0.5) is 0 Å². The third-order valence-corrected chi connectivity index (χ3v) is 4.98. The fourth-order valence-electron chi connectivity index (χ4n) is 1.96. The molecule has 0 aliphatic carbocycles. The molecule has 1 aromatic rings. The molecule has 8 heteroatoms. The number of nitrogens with one attached hydrogen (secondary N) is 2. The topological polar surface area (TPSA) is 67.4 Å². The van der Waals surface area contributed by atoms with E-state index in [2.05, 4.69) is 26.0 Å². The number of halogens is 2. The highest BCUT2D eigenvalue weighted by molar-refractivity contribution is 9.10. The van der Waals surface area contributed by atoms with Gasteiger partial charge in [-0.3, -0.25) is 0 Å². The number of methoxy groups -OCH3 is 1. The summed E-state index contributed by atoms with van der Waals surface area (Å²) < 4.78 is 33.1. The van der Waals surface area contributed by atoms with E-state index in [-0.39, 0.29) is 17.3 Å². The lowest BCUT2D eigenvalue weighted by molar-refractivity contribution is 0.402. The SMILES string of the molecule is COc1ccc(Br)cc1S(=O)(=O)NCC1=CCNCC1.Cl. The van der Waals surface area contributed by atoms with E-state index in [1.165, 1.54) is 13.2 Å². The fraction of sp³-hybridized carbons (Fsp3) is 0.385. The van der Waals surface area contributed by atoms with Crippen molar-refractivity contribution in [2.75, 3.05) is 26.7 Å². The quantitative estimate of drug-likeness (QED) is 0.747. The van der Waals surface area contributed by atoms with Crippen LogP contribution in [0.3, 0.4) is 0 Å². The van der Waals surface area contributed by atoms with Gasteiger partial charge in [0.05, 0.1) is 7.11 Å². The van der Waals surface area contributed by atoms with Crippen LogP contribution in [0, 0.1) is 0 Å². The summed E-state index contributed by atoms with van der Waals surface area (Å²) in [6.45, 7) is 2.00. The molecular formula is C13H18BrClN2O3S. The number of ether oxygens (including phenoxy) is 1. The van der Waals surface area contributed by atoms with Crippen LogP contribution in [-0.4, -0.2) is 35.2 Å². The third kappa shape index (κ3) is 4.96. The zero-order valence-electron chi connectivity index (χ0n) is 11.6. The molecule has 1 heterocycles. The molecule has 0 saturated heterocycles. The van der Waals surface area contributed by atoms with Crippen LogP contribution in [0.25, 0.3) is 0 Å². The normalized spacial score (nSPS) is 15.0. The van der Waals surface area contributed by atoms with Crippen molar-refractivity contribution in [3.63, 3.8) is 0 Å². The van der Waals surface area contributed by atoms with Crippen molar-refractivity contribution >= 4 is 38.4 Å². The lowest BCUT2D eigenvalue weighted by Crippen LogP contribution is -2.30. The first-order valence-corrected chi connectivity index (χ1v) is 8.52. The van der Waals surface area contributed by atoms with E-state index in [1.54, 1.807) is 12.1 Å². The van der Waals surface area contributed by atoms with Crippen LogP contribution in [0.15, 0.2) is 39.2 Å². The van der Waals surface area contributed by atoms with Gasteiger partial charge in [-0.05, 0) is 31.2 Å². The molecule has 21 heavy (non-hydrogen) atoms. The predicted molar refractivity (Wildman–Crippen MR) is 88.7 cm³/mol. The molecule has 0 bridgehead atoms. The second-order valence-corrected chi connectivity index (χ2v) is 7.09. The first kappa shape index (κ1) is 18.4. The van der Waals surface area contributed by atoms with E-state index in [0.717, 1.165) is 25.1 Å². The van der Waals surface area contributed by atoms with E-state index < -0.39 is 10.0 Å². The van der Waals surface area contributed by atoms with E-state index in [1.807, 2.05) is 6.08 Å². The highest BCUT2D eigenvalue weighted by Gasteiger charge is 2.20. The van der Waals surface area contributed by atoms with Crippen molar-refractivity contribution in [1.82, 2.24) is 10.0 Å². The Morgan fingerprint density at radius 1 is 1.43 bits per heavy atom. The fourth-order valence-corrected chi connectivity index (χ4v) is 3.70. The standard InChI is InChI=1S/C13H17BrN2O3S.ClH/c1-19-12-3-2-11(14)8-13(12)20(17,18)16-9-10-4-6-15-7-5-10;/h2-4,8,15-16H,5-7,9H2,1H3;1H. The maximum Gasteiger partial charge on any atom is 0.244 e. The summed E-state index contributed by atoms with van der Waals surface area (Å²) in [5, 5.41) is 3.19. The zero-order chi connectivity index (χ0) is 14.6. The van der Waals surface area contributed by atoms with Crippen LogP contribution in [0.2, 0.25) is 0 Å². The molecule has 2 N–H and O–H groups in total. The first-order valence-electron chi connectivity index (χ1n) is 6.25. The van der Waals surface area contributed by atoms with Gasteiger partial charge >= 0.3 is 0 Å². The molecule has 0 radical (unpaired) electrons. The maximum atomic E-state index is 12.4. The summed E-state index contributed by atoms with van der Waals surface area (Å²) in [4.78, 5) is 0.143. The Morgan fingerprint density at radius 2 is 2.19 bits per heavy atom. The van der Waals surface area contributed by atoms with Crippen molar-refractivity contribution in [3.05, 3.63) is 34.3 Å². The Hall–Kier alpha value is -0.600. The second kappa shape index (κ2) is 8.14. The molecular weight excluding hydrogens is 380 g/mol. The monoisotopic (exact) mass is 396 g/mol. The molecule has 0 fully saturated rings. The first-order chi connectivity index (χ1) is 9.53. The number of hydrogen-bond acceptors (Lipinski definition) is 4. The Balaban J connectivity index is 0.00000220. The Kier molecular flexibility index (Phi) is 7.15. The summed E-state index contributed by atoms with van der Waals surface area (Å²) in [5.74, 6) is 0.333. The van der Waals surface area contributed by atoms with Gasteiger partial charge in [0.2, 0.25) is 10.0 Å². The molecule has 0 spiro atoms. The Labute approximate surface area is 139 Å². The third-order valence-electron chi connectivity index (χ3n) is 3.06. The van der Waals surface area contributed by atoms with Gasteiger partial charge in [0.1, 0.15) is 10.6 Å². The van der Waals surface area contributed by atoms with Gasteiger partial charge in [0.25, 0.3) is 0 Å². The average molecular weight is 398 g/mol. The number of sulfonamides is 1. The van der Waals surface area contributed by atoms with Crippen molar-refractivity contribution in [3.8, 4) is 5.75 Å². The predicted octanol–water partition coefficient (Wildman–Crippen LogP) is 2.08. The van der Waals surface area contributed by atoms with E-state index >= 15 is 0 Å². The molecule has 0 aromatic heterocycles. The lowest BCUT2D eigenvalue weighted by Gasteiger charge is -2.15. The molecule has 2 rings (SSSR count). The Bertz CT molecular complexity index is 620. The largest absolute Gasteiger partial charge is 0.495 e. The van der Waals surface area contributed by atoms with Crippen LogP contribution >= 0.6 is 28.3 Å². The summed E-state index contributed by atoms with van der Waals surface area (Å²) >= 11 is 3.28. The molecule has 0 saturated carbocycles. The zero-order valence-corrected chi connectivity index (χ0v) is 14.8. The van der Waals surface area contributed by atoms with Crippen molar-refractivity contribution < 1.29 is 13.2 Å². The van der Waals surface area contributed by atoms with Crippen LogP contribution < -0.4 is 14.8 Å². The summed E-state index contributed by atoms with van der Waals surface area (Å²) in [7, 11) is -2.14. The van der Waals surface area contributed by atoms with Crippen LogP contribution in [-0.2, 0) is 10.0 Å². The highest BCUT2D eigenvalue weighted by Crippen LogP contribution is 2.27. The smallest absolute Gasteiger partial charge is 0.244 e. The van der Waals surface area contributed by atoms with Crippen LogP contribution in [0.1, 0.15) is 6.42 Å². The number of hydrogen-bond donors (Lipinski definition) is 2. The van der Waals surface area contributed by atoms with E-state index in [9.17, 15) is 8.42 Å². The summed E-state index contributed by atoms with van der Waals surface area (Å²) in [6, 6.07) is 4.91. The molecule has 1 aliphatic rings. The molecule has 0 unspecified atom stereocenters. The minimum absolute atomic E-state index is 0. The molecule has 0 atom stereocenters. The minimum atomic E-state index is -3.59. The molecule has 0 amide bonds. The highest BCUT2D eigenvalue weighted by atomic mass is 79.9. The molecule has 118 valence electrons. The van der Waals surface area contributed by atoms with Gasteiger partial charge in [-0.25, -0.2) is 13.1 Å². The summed E-state index contributed by atoms with van der Waals surface area (Å²) in [6.07, 6.45) is 2.88. The van der Waals surface area contributed by atoms with Crippen molar-refractivity contribution in [1.29, 1.82) is 0 Å². The van der Waals surface area contributed by atoms with Gasteiger partial charge in [-0.15, -0.1) is 12.4 Å². The molecule has 5 nitrogen and oxygen atoms in total. The van der Waals surface area contributed by atoms with E-state index in [0.29, 0.717) is 16.8 Å². The van der Waals surface area contributed by atoms with Crippen molar-refractivity contribution in [2.24, 2.45) is 0 Å². The number of rotatable bonds is 5. The minimum Gasteiger partial charge on any atom is -0.495 e. The van der Waals surface area contributed by atoms with Gasteiger partial charge in [-0.1, -0.05) is 27.6 Å². The Morgan fingerprint density at radius 3 is 2.81 bits per heavy atom. The molecule has 1 aliphatic heterocycles. The average Bonchev–Trinajstić information content (AvgIpc) is 2.46. The van der Waals surface area contributed by atoms with Gasteiger partial charge < -0.3 is 10.1 Å². The lowest BCUT2D eigenvalue weighted by atomic mass is 10.1. The van der Waals surface area contributed by atoms with Crippen LogP contribution in [0.5, 0.6) is 5.75 Å². The second-order valence-electron chi connectivity index (χ2n) is 4.44. The molecule has 1 aromatic carbocycles. The van der Waals surface area contributed by atoms with Gasteiger partial charge in [0.15, 0.2) is 0 Å². The van der Waals surface area contributed by atoms with Crippen molar-refractivity contribution in [2.45, 2.75) is 11.3 Å². The number of benzene rings is 1. The van der Waals surface area contributed by atoms with Gasteiger partial charge in [-0.2, -0.15) is 0 Å².